The molecule has 3 heterocycles. The number of rotatable bonds is 7. The molecule has 0 aliphatic carbocycles. The van der Waals surface area contributed by atoms with Crippen molar-refractivity contribution in [3.8, 4) is 33.8 Å². The van der Waals surface area contributed by atoms with Crippen LogP contribution in [0.15, 0.2) is 164 Å². The number of benzene rings is 4. The first kappa shape index (κ1) is 37.3. The van der Waals surface area contributed by atoms with Gasteiger partial charge in [-0.3, -0.25) is 4.79 Å². The fraction of sp³-hybridized carbons (Fsp3) is 0.0909. The molecule has 0 bridgehead atoms. The van der Waals surface area contributed by atoms with Crippen molar-refractivity contribution in [3.05, 3.63) is 194 Å². The fourth-order valence-electron chi connectivity index (χ4n) is 4.73. The normalized spacial score (nSPS) is 10.5. The predicted molar refractivity (Wildman–Crippen MR) is 199 cm³/mol. The van der Waals surface area contributed by atoms with E-state index >= 15 is 0 Å². The van der Waals surface area contributed by atoms with Crippen molar-refractivity contribution < 1.29 is 24.9 Å². The Hall–Kier alpha value is -5.55. The van der Waals surface area contributed by atoms with E-state index in [0.29, 0.717) is 11.5 Å². The van der Waals surface area contributed by atoms with Crippen LogP contribution in [0, 0.1) is 18.2 Å². The van der Waals surface area contributed by atoms with Gasteiger partial charge in [-0.1, -0.05) is 62.4 Å². The van der Waals surface area contributed by atoms with E-state index in [1.165, 1.54) is 5.56 Å². The molecule has 1 amide bonds. The van der Waals surface area contributed by atoms with Crippen LogP contribution >= 0.6 is 0 Å². The van der Waals surface area contributed by atoms with Gasteiger partial charge in [-0.05, 0) is 70.9 Å². The zero-order valence-electron chi connectivity index (χ0n) is 28.0. The summed E-state index contributed by atoms with van der Waals surface area (Å²) in [5.74, 6) is 0.388. The molecule has 50 heavy (non-hydrogen) atoms. The number of anilines is 1. The Morgan fingerprint density at radius 2 is 1.08 bits per heavy atom. The molecular formula is C44H37IrN4O. The van der Waals surface area contributed by atoms with Gasteiger partial charge in [0, 0.05) is 24.3 Å². The molecule has 7 aromatic rings. The molecule has 0 spiro atoms. The maximum absolute atomic E-state index is 12.4. The molecule has 248 valence electrons. The molecule has 3 aromatic heterocycles. The van der Waals surface area contributed by atoms with Gasteiger partial charge < -0.3 is 20.3 Å². The van der Waals surface area contributed by atoms with Gasteiger partial charge in [-0.2, -0.15) is 0 Å². The number of carbonyl (C=O) groups is 1. The number of hydrogen-bond acceptors (Lipinski definition) is 4. The Morgan fingerprint density at radius 1 is 0.600 bits per heavy atom. The first-order chi connectivity index (χ1) is 24.1. The Morgan fingerprint density at radius 3 is 1.46 bits per heavy atom. The molecule has 4 aromatic carbocycles. The first-order valence-corrected chi connectivity index (χ1v) is 16.2. The minimum Gasteiger partial charge on any atom is -0.330 e. The van der Waals surface area contributed by atoms with Crippen molar-refractivity contribution in [1.82, 2.24) is 15.0 Å². The monoisotopic (exact) mass is 830 g/mol. The van der Waals surface area contributed by atoms with Crippen LogP contribution in [-0.2, 0) is 20.1 Å². The molecule has 6 heteroatoms. The van der Waals surface area contributed by atoms with E-state index in [-0.39, 0.29) is 26.0 Å². The largest absolute Gasteiger partial charge is 3.00 e. The van der Waals surface area contributed by atoms with Crippen molar-refractivity contribution in [1.29, 1.82) is 0 Å². The van der Waals surface area contributed by atoms with Crippen LogP contribution in [0.25, 0.3) is 33.8 Å². The van der Waals surface area contributed by atoms with Gasteiger partial charge in [-0.25, -0.2) is 0 Å². The second-order valence-electron chi connectivity index (χ2n) is 11.1. The summed E-state index contributed by atoms with van der Waals surface area (Å²) in [6.07, 6.45) is 6.42. The quantitative estimate of drug-likeness (QED) is 0.163. The Kier molecular flexibility index (Phi) is 15.0. The minimum absolute atomic E-state index is 0. The molecule has 1 N–H and O–H groups in total. The number of nitrogens with zero attached hydrogens (tertiary/aromatic N) is 3. The van der Waals surface area contributed by atoms with Gasteiger partial charge in [-0.15, -0.1) is 102 Å². The number of carbonyl (C=O) groups excluding carboxylic acids is 1. The SMILES string of the molecule is CCC(C)c1ccc(NC(=O)c2c[c-]c(-c3ccccn3)cc2)cc1.[Ir+3].[c-]1ccccc1-c1ccccn1.[c-]1ccccc1-c1ccccn1. The van der Waals surface area contributed by atoms with E-state index in [1.807, 2.05) is 121 Å². The van der Waals surface area contributed by atoms with Crippen LogP contribution in [0.4, 0.5) is 5.69 Å². The van der Waals surface area contributed by atoms with Crippen LogP contribution in [0.5, 0.6) is 0 Å². The molecular weight excluding hydrogens is 793 g/mol. The van der Waals surface area contributed by atoms with Gasteiger partial charge in [0.15, 0.2) is 0 Å². The summed E-state index contributed by atoms with van der Waals surface area (Å²) < 4.78 is 0. The summed E-state index contributed by atoms with van der Waals surface area (Å²) in [4.78, 5) is 25.1. The predicted octanol–water partition coefficient (Wildman–Crippen LogP) is 10.4. The topological polar surface area (TPSA) is 67.8 Å². The third kappa shape index (κ3) is 11.3. The molecule has 7 rings (SSSR count). The van der Waals surface area contributed by atoms with E-state index in [9.17, 15) is 4.79 Å². The Labute approximate surface area is 308 Å². The second-order valence-corrected chi connectivity index (χ2v) is 11.1. The number of nitrogens with one attached hydrogen (secondary N) is 1. The zero-order chi connectivity index (χ0) is 34.1. The minimum atomic E-state index is -0.139. The van der Waals surface area contributed by atoms with Crippen molar-refractivity contribution in [2.75, 3.05) is 5.32 Å². The van der Waals surface area contributed by atoms with Gasteiger partial charge in [0.2, 0.25) is 5.91 Å². The van der Waals surface area contributed by atoms with Gasteiger partial charge in [0.1, 0.15) is 0 Å². The van der Waals surface area contributed by atoms with Gasteiger partial charge >= 0.3 is 20.1 Å². The molecule has 5 nitrogen and oxygen atoms in total. The molecule has 0 saturated heterocycles. The fourth-order valence-corrected chi connectivity index (χ4v) is 4.73. The van der Waals surface area contributed by atoms with Crippen molar-refractivity contribution in [2.24, 2.45) is 0 Å². The number of hydrogen-bond donors (Lipinski definition) is 1. The third-order valence-corrected chi connectivity index (χ3v) is 7.67. The van der Waals surface area contributed by atoms with Crippen LogP contribution in [0.3, 0.4) is 0 Å². The number of aromatic nitrogens is 3. The van der Waals surface area contributed by atoms with Crippen molar-refractivity contribution in [3.63, 3.8) is 0 Å². The van der Waals surface area contributed by atoms with E-state index in [4.69, 9.17) is 0 Å². The van der Waals surface area contributed by atoms with Crippen molar-refractivity contribution in [2.45, 2.75) is 26.2 Å². The van der Waals surface area contributed by atoms with E-state index in [1.54, 1.807) is 30.7 Å². The number of pyridine rings is 3. The molecule has 1 atom stereocenters. The summed E-state index contributed by atoms with van der Waals surface area (Å²) in [7, 11) is 0. The standard InChI is InChI=1S/C22H21N2O.2C11H8N.Ir/c1-3-16(2)17-11-13-20(14-12-17)24-22(25)19-9-7-18(8-10-19)21-6-4-5-15-23-21;2*1-2-6-10(7-3-1)11-8-4-5-9-12-11;/h4-7,9-16H,3H2,1-2H3,(H,24,25);2*1-6,8-9H;/q3*-1;+3. The van der Waals surface area contributed by atoms with Crippen LogP contribution in [0.2, 0.25) is 0 Å². The first-order valence-electron chi connectivity index (χ1n) is 16.2. The van der Waals surface area contributed by atoms with Gasteiger partial charge in [0.05, 0.1) is 0 Å². The summed E-state index contributed by atoms with van der Waals surface area (Å²) >= 11 is 0. The summed E-state index contributed by atoms with van der Waals surface area (Å²) in [5.41, 5.74) is 8.39. The van der Waals surface area contributed by atoms with Crippen LogP contribution in [0.1, 0.15) is 42.1 Å². The Balaban J connectivity index is 0.000000187. The molecule has 0 aliphatic heterocycles. The van der Waals surface area contributed by atoms with E-state index in [0.717, 1.165) is 45.9 Å². The Bertz CT molecular complexity index is 1810. The van der Waals surface area contributed by atoms with Crippen LogP contribution in [-0.4, -0.2) is 20.9 Å². The average Bonchev–Trinajstić information content (AvgIpc) is 3.20. The van der Waals surface area contributed by atoms with E-state index in [2.05, 4.69) is 64.4 Å². The third-order valence-electron chi connectivity index (χ3n) is 7.67. The van der Waals surface area contributed by atoms with Crippen LogP contribution < -0.4 is 5.32 Å². The summed E-state index contributed by atoms with van der Waals surface area (Å²) in [6, 6.07) is 55.9. The maximum Gasteiger partial charge on any atom is 3.00 e. The molecule has 0 aliphatic rings. The summed E-state index contributed by atoms with van der Waals surface area (Å²) in [6.45, 7) is 4.37. The summed E-state index contributed by atoms with van der Waals surface area (Å²) in [5, 5.41) is 2.93. The smallest absolute Gasteiger partial charge is 0.330 e. The molecule has 0 fully saturated rings. The molecule has 1 unspecified atom stereocenters. The second kappa shape index (κ2) is 20.1. The van der Waals surface area contributed by atoms with Gasteiger partial charge in [0.25, 0.3) is 0 Å². The van der Waals surface area contributed by atoms with E-state index < -0.39 is 0 Å². The number of amides is 1. The van der Waals surface area contributed by atoms with Crippen molar-refractivity contribution >= 4 is 11.6 Å². The molecule has 0 saturated carbocycles. The molecule has 0 radical (unpaired) electrons. The zero-order valence-corrected chi connectivity index (χ0v) is 30.4. The maximum atomic E-state index is 12.4. The average molecular weight is 830 g/mol.